The molecule has 0 rings (SSSR count). The minimum atomic E-state index is -4.41. The summed E-state index contributed by atoms with van der Waals surface area (Å²) in [4.78, 5) is 1.04. The van der Waals surface area contributed by atoms with Crippen molar-refractivity contribution in [3.05, 3.63) is 0 Å². The monoisotopic (exact) mass is 282 g/mol. The van der Waals surface area contributed by atoms with E-state index in [1.54, 1.807) is 0 Å². The molecule has 0 aromatic heterocycles. The summed E-state index contributed by atoms with van der Waals surface area (Å²) >= 11 is 0. The van der Waals surface area contributed by atoms with Crippen molar-refractivity contribution in [2.24, 2.45) is 5.73 Å². The van der Waals surface area contributed by atoms with Gasteiger partial charge in [-0.25, -0.2) is 0 Å². The zero-order valence-electron chi connectivity index (χ0n) is 9.65. The molecule has 0 heterocycles. The molecule has 0 aliphatic heterocycles. The third-order valence-electron chi connectivity index (χ3n) is 1.88. The van der Waals surface area contributed by atoms with Crippen molar-refractivity contribution in [2.45, 2.75) is 18.8 Å². The summed E-state index contributed by atoms with van der Waals surface area (Å²) in [5.74, 6) is 0. The molecule has 0 aromatic carbocycles. The maximum atomic E-state index is 12.1. The maximum Gasteiger partial charge on any atom is 0.411 e. The number of nitrogens with zero attached hydrogens (tertiary/aromatic N) is 1. The van der Waals surface area contributed by atoms with E-state index in [1.807, 2.05) is 0 Å². The molecule has 18 heavy (non-hydrogen) atoms. The molecule has 2 N–H and O–H groups in total. The second-order valence-corrected chi connectivity index (χ2v) is 3.70. The van der Waals surface area contributed by atoms with Crippen molar-refractivity contribution in [1.29, 1.82) is 0 Å². The van der Waals surface area contributed by atoms with Gasteiger partial charge in [0, 0.05) is 26.2 Å². The van der Waals surface area contributed by atoms with Gasteiger partial charge in [0.15, 0.2) is 0 Å². The van der Waals surface area contributed by atoms with Crippen LogP contribution in [0.4, 0.5) is 26.3 Å². The number of rotatable bonds is 8. The summed E-state index contributed by atoms with van der Waals surface area (Å²) in [6, 6.07) is 0. The Bertz CT molecular complexity index is 218. The standard InChI is InChI=1S/C9H16F6N2O/c10-8(11,12)6-17(4-2-16)3-1-5-18-7-9(13,14)15/h1-7,16H2. The molecule has 0 aliphatic carbocycles. The van der Waals surface area contributed by atoms with E-state index in [9.17, 15) is 26.3 Å². The van der Waals surface area contributed by atoms with E-state index in [0.29, 0.717) is 0 Å². The molecule has 0 aromatic rings. The highest BCUT2D eigenvalue weighted by Crippen LogP contribution is 2.17. The molecule has 0 atom stereocenters. The van der Waals surface area contributed by atoms with E-state index < -0.39 is 25.5 Å². The largest absolute Gasteiger partial charge is 0.411 e. The second kappa shape index (κ2) is 7.80. The van der Waals surface area contributed by atoms with Crippen LogP contribution in [0.3, 0.4) is 0 Å². The summed E-state index contributed by atoms with van der Waals surface area (Å²) in [5, 5.41) is 0. The molecule has 0 saturated carbocycles. The first kappa shape index (κ1) is 17.5. The van der Waals surface area contributed by atoms with Gasteiger partial charge < -0.3 is 10.5 Å². The van der Waals surface area contributed by atoms with Gasteiger partial charge in [0.05, 0.1) is 6.54 Å². The van der Waals surface area contributed by atoms with Gasteiger partial charge in [-0.1, -0.05) is 0 Å². The molecule has 0 saturated heterocycles. The van der Waals surface area contributed by atoms with E-state index in [1.165, 1.54) is 0 Å². The Morgan fingerprint density at radius 2 is 1.56 bits per heavy atom. The Hall–Kier alpha value is -0.540. The lowest BCUT2D eigenvalue weighted by atomic mass is 10.3. The molecule has 0 spiro atoms. The number of nitrogens with two attached hydrogens (primary N) is 1. The molecule has 9 heteroatoms. The number of ether oxygens (including phenoxy) is 1. The lowest BCUT2D eigenvalue weighted by Crippen LogP contribution is -2.38. The van der Waals surface area contributed by atoms with Gasteiger partial charge in [0.1, 0.15) is 6.61 Å². The van der Waals surface area contributed by atoms with Gasteiger partial charge >= 0.3 is 12.4 Å². The van der Waals surface area contributed by atoms with Crippen LogP contribution in [-0.2, 0) is 4.74 Å². The van der Waals surface area contributed by atoms with Crippen LogP contribution in [0.5, 0.6) is 0 Å². The molecule has 0 radical (unpaired) electrons. The van der Waals surface area contributed by atoms with Crippen LogP contribution in [0.2, 0.25) is 0 Å². The normalized spacial score (nSPS) is 13.3. The Kier molecular flexibility index (Phi) is 7.56. The fourth-order valence-corrected chi connectivity index (χ4v) is 1.28. The topological polar surface area (TPSA) is 38.5 Å². The number of halogens is 6. The molecule has 0 bridgehead atoms. The molecule has 0 unspecified atom stereocenters. The van der Waals surface area contributed by atoms with E-state index in [2.05, 4.69) is 4.74 Å². The number of hydrogen-bond donors (Lipinski definition) is 1. The third-order valence-corrected chi connectivity index (χ3v) is 1.88. The molecular weight excluding hydrogens is 266 g/mol. The van der Waals surface area contributed by atoms with Crippen LogP contribution in [0.15, 0.2) is 0 Å². The summed E-state index contributed by atoms with van der Waals surface area (Å²) in [6.45, 7) is -2.65. The quantitative estimate of drug-likeness (QED) is 0.545. The third kappa shape index (κ3) is 11.9. The van der Waals surface area contributed by atoms with Crippen molar-refractivity contribution >= 4 is 0 Å². The Balaban J connectivity index is 3.77. The summed E-state index contributed by atoms with van der Waals surface area (Å²) in [6.07, 6.45) is -8.67. The second-order valence-electron chi connectivity index (χ2n) is 3.70. The predicted octanol–water partition coefficient (Wildman–Crippen LogP) is 1.78. The van der Waals surface area contributed by atoms with Crippen LogP contribution in [0.1, 0.15) is 6.42 Å². The van der Waals surface area contributed by atoms with E-state index in [4.69, 9.17) is 5.73 Å². The fourth-order valence-electron chi connectivity index (χ4n) is 1.28. The smallest absolute Gasteiger partial charge is 0.372 e. The highest BCUT2D eigenvalue weighted by atomic mass is 19.4. The lowest BCUT2D eigenvalue weighted by Gasteiger charge is -2.22. The van der Waals surface area contributed by atoms with Crippen molar-refractivity contribution in [2.75, 3.05) is 39.4 Å². The molecule has 0 fully saturated rings. The average Bonchev–Trinajstić information content (AvgIpc) is 2.13. The zero-order valence-corrected chi connectivity index (χ0v) is 9.65. The molecular formula is C9H16F6N2O. The molecule has 0 amide bonds. The minimum absolute atomic E-state index is 0.00539. The van der Waals surface area contributed by atoms with Crippen molar-refractivity contribution in [3.63, 3.8) is 0 Å². The summed E-state index contributed by atoms with van der Waals surface area (Å²) < 4.78 is 75.6. The Labute approximate surface area is 101 Å². The highest BCUT2D eigenvalue weighted by Gasteiger charge is 2.30. The van der Waals surface area contributed by atoms with Crippen LogP contribution >= 0.6 is 0 Å². The predicted molar refractivity (Wildman–Crippen MR) is 53.0 cm³/mol. The SMILES string of the molecule is NCCN(CCCOCC(F)(F)F)CC(F)(F)F. The Morgan fingerprint density at radius 3 is 2.00 bits per heavy atom. The van der Waals surface area contributed by atoms with Gasteiger partial charge in [-0.2, -0.15) is 26.3 Å². The van der Waals surface area contributed by atoms with E-state index in [-0.39, 0.29) is 32.7 Å². The van der Waals surface area contributed by atoms with Crippen molar-refractivity contribution in [3.8, 4) is 0 Å². The van der Waals surface area contributed by atoms with Crippen LogP contribution in [0.25, 0.3) is 0 Å². The average molecular weight is 282 g/mol. The molecule has 3 nitrogen and oxygen atoms in total. The first-order valence-electron chi connectivity index (χ1n) is 5.28. The summed E-state index contributed by atoms with van der Waals surface area (Å²) in [5.41, 5.74) is 5.15. The van der Waals surface area contributed by atoms with Gasteiger partial charge in [0.25, 0.3) is 0 Å². The maximum absolute atomic E-state index is 12.1. The summed E-state index contributed by atoms with van der Waals surface area (Å²) in [7, 11) is 0. The van der Waals surface area contributed by atoms with Crippen LogP contribution in [0, 0.1) is 0 Å². The first-order chi connectivity index (χ1) is 8.14. The molecule has 0 aliphatic rings. The fraction of sp³-hybridized carbons (Fsp3) is 1.00. The van der Waals surface area contributed by atoms with Gasteiger partial charge in [-0.15, -0.1) is 0 Å². The highest BCUT2D eigenvalue weighted by molar-refractivity contribution is 4.63. The lowest BCUT2D eigenvalue weighted by molar-refractivity contribution is -0.174. The zero-order chi connectivity index (χ0) is 14.2. The van der Waals surface area contributed by atoms with Crippen molar-refractivity contribution < 1.29 is 31.1 Å². The van der Waals surface area contributed by atoms with E-state index in [0.717, 1.165) is 4.90 Å². The number of hydrogen-bond acceptors (Lipinski definition) is 3. The van der Waals surface area contributed by atoms with Crippen LogP contribution in [-0.4, -0.2) is 56.6 Å². The van der Waals surface area contributed by atoms with Gasteiger partial charge in [-0.3, -0.25) is 4.90 Å². The molecule has 110 valence electrons. The van der Waals surface area contributed by atoms with Gasteiger partial charge in [-0.05, 0) is 6.42 Å². The van der Waals surface area contributed by atoms with Gasteiger partial charge in [0.2, 0.25) is 0 Å². The van der Waals surface area contributed by atoms with Crippen molar-refractivity contribution in [1.82, 2.24) is 4.90 Å². The first-order valence-corrected chi connectivity index (χ1v) is 5.28. The van der Waals surface area contributed by atoms with Crippen LogP contribution < -0.4 is 5.73 Å². The minimum Gasteiger partial charge on any atom is -0.372 e. The Morgan fingerprint density at radius 1 is 0.944 bits per heavy atom. The number of alkyl halides is 6. The van der Waals surface area contributed by atoms with E-state index >= 15 is 0 Å².